The molecule has 1 aliphatic rings. The number of rotatable bonds is 2. The van der Waals surface area contributed by atoms with Crippen LogP contribution in [-0.2, 0) is 22.4 Å². The van der Waals surface area contributed by atoms with Crippen molar-refractivity contribution >= 4 is 5.97 Å². The van der Waals surface area contributed by atoms with Crippen molar-refractivity contribution in [2.45, 2.75) is 26.7 Å². The molecular weight excluding hydrogens is 200 g/mol. The molecule has 0 unspecified atom stereocenters. The number of aryl methyl sites for hydroxylation is 1. The van der Waals surface area contributed by atoms with Gasteiger partial charge in [-0.25, -0.2) is 4.79 Å². The molecule has 1 aliphatic carbocycles. The summed E-state index contributed by atoms with van der Waals surface area (Å²) in [6.07, 6.45) is 3.53. The van der Waals surface area contributed by atoms with E-state index in [0.29, 0.717) is 13.0 Å². The highest BCUT2D eigenvalue weighted by Crippen LogP contribution is 2.22. The number of hydrogen-bond acceptors (Lipinski definition) is 2. The second kappa shape index (κ2) is 4.52. The van der Waals surface area contributed by atoms with E-state index in [0.717, 1.165) is 12.0 Å². The van der Waals surface area contributed by atoms with E-state index in [1.807, 2.05) is 13.0 Å². The van der Waals surface area contributed by atoms with Crippen molar-refractivity contribution in [3.8, 4) is 0 Å². The van der Waals surface area contributed by atoms with E-state index in [9.17, 15) is 4.79 Å². The Bertz CT molecular complexity index is 444. The summed E-state index contributed by atoms with van der Waals surface area (Å²) in [4.78, 5) is 11.6. The monoisotopic (exact) mass is 216 g/mol. The number of fused-ring (bicyclic) bond motifs is 1. The molecule has 84 valence electrons. The van der Waals surface area contributed by atoms with E-state index in [-0.39, 0.29) is 5.97 Å². The van der Waals surface area contributed by atoms with Crippen molar-refractivity contribution in [1.29, 1.82) is 0 Å². The first-order valence-corrected chi connectivity index (χ1v) is 5.65. The minimum absolute atomic E-state index is 0.172. The molecule has 0 atom stereocenters. The second-order valence-electron chi connectivity index (χ2n) is 4.10. The third-order valence-corrected chi connectivity index (χ3v) is 2.85. The number of allylic oxidation sites excluding steroid dienone is 1. The van der Waals surface area contributed by atoms with E-state index in [1.165, 1.54) is 16.7 Å². The normalized spacial score (nSPS) is 14.0. The van der Waals surface area contributed by atoms with Crippen LogP contribution >= 0.6 is 0 Å². The number of carbonyl (C=O) groups is 1. The first kappa shape index (κ1) is 10.9. The lowest BCUT2D eigenvalue weighted by Crippen LogP contribution is -2.14. The lowest BCUT2D eigenvalue weighted by Gasteiger charge is -2.16. The molecule has 0 aliphatic heterocycles. The zero-order chi connectivity index (χ0) is 11.5. The van der Waals surface area contributed by atoms with Crippen LogP contribution in [0.2, 0.25) is 0 Å². The largest absolute Gasteiger partial charge is 0.463 e. The van der Waals surface area contributed by atoms with Crippen molar-refractivity contribution in [1.82, 2.24) is 0 Å². The zero-order valence-corrected chi connectivity index (χ0v) is 9.75. The Morgan fingerprint density at radius 1 is 1.38 bits per heavy atom. The van der Waals surface area contributed by atoms with Gasteiger partial charge >= 0.3 is 5.97 Å². The van der Waals surface area contributed by atoms with E-state index in [2.05, 4.69) is 25.1 Å². The van der Waals surface area contributed by atoms with Gasteiger partial charge < -0.3 is 4.74 Å². The molecule has 2 heteroatoms. The Morgan fingerprint density at radius 3 is 2.94 bits per heavy atom. The molecule has 0 spiro atoms. The van der Waals surface area contributed by atoms with Gasteiger partial charge in [0.25, 0.3) is 0 Å². The zero-order valence-electron chi connectivity index (χ0n) is 9.75. The average Bonchev–Trinajstić information content (AvgIpc) is 2.28. The molecule has 0 heterocycles. The summed E-state index contributed by atoms with van der Waals surface area (Å²) >= 11 is 0. The predicted molar refractivity (Wildman–Crippen MR) is 63.3 cm³/mol. The molecule has 1 aromatic carbocycles. The topological polar surface area (TPSA) is 26.3 Å². The van der Waals surface area contributed by atoms with Gasteiger partial charge in [-0.2, -0.15) is 0 Å². The molecule has 16 heavy (non-hydrogen) atoms. The second-order valence-corrected chi connectivity index (χ2v) is 4.10. The highest BCUT2D eigenvalue weighted by molar-refractivity contribution is 5.89. The van der Waals surface area contributed by atoms with Crippen molar-refractivity contribution in [2.75, 3.05) is 6.61 Å². The highest BCUT2D eigenvalue weighted by atomic mass is 16.5. The summed E-state index contributed by atoms with van der Waals surface area (Å²) in [7, 11) is 0. The van der Waals surface area contributed by atoms with Crippen LogP contribution in [0.15, 0.2) is 29.8 Å². The van der Waals surface area contributed by atoms with Crippen molar-refractivity contribution in [3.05, 3.63) is 46.5 Å². The Hall–Kier alpha value is -1.57. The third-order valence-electron chi connectivity index (χ3n) is 2.85. The lowest BCUT2D eigenvalue weighted by atomic mass is 9.90. The molecule has 1 aromatic rings. The van der Waals surface area contributed by atoms with Crippen LogP contribution in [0.3, 0.4) is 0 Å². The van der Waals surface area contributed by atoms with E-state index >= 15 is 0 Å². The minimum atomic E-state index is -0.172. The molecule has 0 aromatic heterocycles. The molecule has 0 bridgehead atoms. The van der Waals surface area contributed by atoms with Gasteiger partial charge in [-0.1, -0.05) is 29.8 Å². The number of benzene rings is 1. The van der Waals surface area contributed by atoms with Crippen LogP contribution in [0, 0.1) is 6.92 Å². The summed E-state index contributed by atoms with van der Waals surface area (Å²) in [5.74, 6) is -0.172. The Labute approximate surface area is 95.9 Å². The average molecular weight is 216 g/mol. The van der Waals surface area contributed by atoms with Crippen molar-refractivity contribution < 1.29 is 9.53 Å². The van der Waals surface area contributed by atoms with Gasteiger partial charge in [-0.05, 0) is 31.4 Å². The quantitative estimate of drug-likeness (QED) is 0.710. The first-order chi connectivity index (χ1) is 7.70. The van der Waals surface area contributed by atoms with Gasteiger partial charge in [0.15, 0.2) is 0 Å². The number of carbonyl (C=O) groups excluding carboxylic acids is 1. The molecule has 0 amide bonds. The number of hydrogen-bond donors (Lipinski definition) is 0. The summed E-state index contributed by atoms with van der Waals surface area (Å²) in [5.41, 5.74) is 4.63. The predicted octanol–water partition coefficient (Wildman–Crippen LogP) is 2.58. The first-order valence-electron chi connectivity index (χ1n) is 5.65. The summed E-state index contributed by atoms with van der Waals surface area (Å²) < 4.78 is 5.01. The van der Waals surface area contributed by atoms with Crippen LogP contribution in [0.1, 0.15) is 23.6 Å². The van der Waals surface area contributed by atoms with Gasteiger partial charge in [-0.3, -0.25) is 0 Å². The van der Waals surface area contributed by atoms with Gasteiger partial charge in [0, 0.05) is 12.0 Å². The standard InChI is InChI=1S/C14H16O2/c1-3-16-14(15)13-7-6-11-8-10(2)4-5-12(11)9-13/h4-5,7-8H,3,6,9H2,1-2H3. The SMILES string of the molecule is CCOC(=O)C1=CCc2cc(C)ccc2C1. The van der Waals surface area contributed by atoms with E-state index in [4.69, 9.17) is 4.74 Å². The maximum atomic E-state index is 11.6. The molecular formula is C14H16O2. The molecule has 0 saturated carbocycles. The fourth-order valence-corrected chi connectivity index (χ4v) is 2.01. The number of esters is 1. The van der Waals surface area contributed by atoms with Crippen LogP contribution < -0.4 is 0 Å². The van der Waals surface area contributed by atoms with Crippen LogP contribution in [0.4, 0.5) is 0 Å². The molecule has 0 fully saturated rings. The highest BCUT2D eigenvalue weighted by Gasteiger charge is 2.17. The van der Waals surface area contributed by atoms with Crippen molar-refractivity contribution in [2.24, 2.45) is 0 Å². The Morgan fingerprint density at radius 2 is 2.19 bits per heavy atom. The summed E-state index contributed by atoms with van der Waals surface area (Å²) in [6.45, 7) is 4.36. The molecule has 0 radical (unpaired) electrons. The molecule has 2 nitrogen and oxygen atoms in total. The summed E-state index contributed by atoms with van der Waals surface area (Å²) in [5, 5.41) is 0. The smallest absolute Gasteiger partial charge is 0.334 e. The van der Waals surface area contributed by atoms with Gasteiger partial charge in [0.2, 0.25) is 0 Å². The van der Waals surface area contributed by atoms with E-state index in [1.54, 1.807) is 0 Å². The van der Waals surface area contributed by atoms with Gasteiger partial charge in [-0.15, -0.1) is 0 Å². The summed E-state index contributed by atoms with van der Waals surface area (Å²) in [6, 6.07) is 6.39. The Kier molecular flexibility index (Phi) is 3.09. The molecule has 0 saturated heterocycles. The fraction of sp³-hybridized carbons (Fsp3) is 0.357. The maximum Gasteiger partial charge on any atom is 0.334 e. The van der Waals surface area contributed by atoms with E-state index < -0.39 is 0 Å². The lowest BCUT2D eigenvalue weighted by molar-refractivity contribution is -0.138. The third kappa shape index (κ3) is 2.16. The molecule has 0 N–H and O–H groups in total. The number of ether oxygens (including phenoxy) is 1. The molecule has 2 rings (SSSR count). The van der Waals surface area contributed by atoms with Gasteiger partial charge in [0.05, 0.1) is 6.61 Å². The van der Waals surface area contributed by atoms with Crippen LogP contribution in [0.5, 0.6) is 0 Å². The van der Waals surface area contributed by atoms with Crippen LogP contribution in [-0.4, -0.2) is 12.6 Å². The maximum absolute atomic E-state index is 11.6. The van der Waals surface area contributed by atoms with Crippen molar-refractivity contribution in [3.63, 3.8) is 0 Å². The van der Waals surface area contributed by atoms with Gasteiger partial charge in [0.1, 0.15) is 0 Å². The fourth-order valence-electron chi connectivity index (χ4n) is 2.01. The minimum Gasteiger partial charge on any atom is -0.463 e. The Balaban J connectivity index is 2.18. The van der Waals surface area contributed by atoms with Crippen LogP contribution in [0.25, 0.3) is 0 Å².